The van der Waals surface area contributed by atoms with Crippen molar-refractivity contribution in [2.24, 2.45) is 0 Å². The molecule has 0 aliphatic carbocycles. The van der Waals surface area contributed by atoms with Crippen LogP contribution in [0.5, 0.6) is 0 Å². The molecule has 51 heavy (non-hydrogen) atoms. The molecule has 7 nitrogen and oxygen atoms in total. The molecule has 0 radical (unpaired) electrons. The summed E-state index contributed by atoms with van der Waals surface area (Å²) < 4.78 is 10.8. The van der Waals surface area contributed by atoms with Crippen molar-refractivity contribution in [3.63, 3.8) is 0 Å². The van der Waals surface area contributed by atoms with Crippen molar-refractivity contribution in [3.8, 4) is 33.6 Å². The van der Waals surface area contributed by atoms with Gasteiger partial charge in [0.2, 0.25) is 0 Å². The molecule has 0 aliphatic rings. The van der Waals surface area contributed by atoms with E-state index in [9.17, 15) is 0 Å². The molecule has 0 amide bonds. The van der Waals surface area contributed by atoms with Crippen LogP contribution in [0.15, 0.2) is 163 Å². The zero-order valence-electron chi connectivity index (χ0n) is 27.1. The fraction of sp³-hybridized carbons (Fsp3) is 0. The zero-order valence-corrected chi connectivity index (χ0v) is 27.1. The second kappa shape index (κ2) is 10.7. The summed E-state index contributed by atoms with van der Waals surface area (Å²) in [6.07, 6.45) is 15.1. The Kier molecular flexibility index (Phi) is 5.83. The van der Waals surface area contributed by atoms with Crippen molar-refractivity contribution in [1.82, 2.24) is 29.1 Å². The van der Waals surface area contributed by atoms with E-state index in [1.54, 1.807) is 0 Å². The maximum absolute atomic E-state index is 6.20. The van der Waals surface area contributed by atoms with Gasteiger partial charge >= 0.3 is 0 Å². The Balaban J connectivity index is 1.17. The van der Waals surface area contributed by atoms with E-state index in [2.05, 4.69) is 126 Å². The van der Waals surface area contributed by atoms with Gasteiger partial charge in [-0.25, -0.2) is 0 Å². The van der Waals surface area contributed by atoms with Gasteiger partial charge in [0.25, 0.3) is 0 Å². The number of pyridine rings is 4. The van der Waals surface area contributed by atoms with Gasteiger partial charge in [0.15, 0.2) is 0 Å². The van der Waals surface area contributed by atoms with Crippen LogP contribution in [-0.2, 0) is 0 Å². The lowest BCUT2D eigenvalue weighted by molar-refractivity contribution is 0.669. The maximum Gasteiger partial charge on any atom is 0.135 e. The molecule has 11 aromatic rings. The molecule has 0 fully saturated rings. The Morgan fingerprint density at radius 1 is 0.353 bits per heavy atom. The fourth-order valence-corrected chi connectivity index (χ4v) is 7.78. The molecule has 0 saturated carbocycles. The molecule has 0 unspecified atom stereocenters. The zero-order chi connectivity index (χ0) is 33.5. The third kappa shape index (κ3) is 4.18. The van der Waals surface area contributed by atoms with Gasteiger partial charge in [0.05, 0.1) is 22.1 Å². The number of hydrogen-bond acceptors (Lipinski definition) is 5. The second-order valence-corrected chi connectivity index (χ2v) is 12.9. The summed E-state index contributed by atoms with van der Waals surface area (Å²) in [5.41, 5.74) is 12.6. The first-order valence-electron chi connectivity index (χ1n) is 16.8. The summed E-state index contributed by atoms with van der Waals surface area (Å²) in [6, 6.07) is 38.6. The third-order valence-corrected chi connectivity index (χ3v) is 10.1. The smallest absolute Gasteiger partial charge is 0.135 e. The van der Waals surface area contributed by atoms with Gasteiger partial charge in [0, 0.05) is 93.3 Å². The van der Waals surface area contributed by atoms with Gasteiger partial charge in [-0.15, -0.1) is 0 Å². The predicted molar refractivity (Wildman–Crippen MR) is 204 cm³/mol. The Morgan fingerprint density at radius 2 is 0.863 bits per heavy atom. The van der Waals surface area contributed by atoms with Crippen molar-refractivity contribution < 1.29 is 4.42 Å². The summed E-state index contributed by atoms with van der Waals surface area (Å²) >= 11 is 0. The number of aromatic nitrogens is 6. The fourth-order valence-electron chi connectivity index (χ4n) is 7.78. The summed E-state index contributed by atoms with van der Waals surface area (Å²) in [5.74, 6) is 0. The van der Waals surface area contributed by atoms with E-state index >= 15 is 0 Å². The van der Waals surface area contributed by atoms with E-state index in [0.717, 1.165) is 99.2 Å². The van der Waals surface area contributed by atoms with Gasteiger partial charge in [-0.05, 0) is 95.1 Å². The molecule has 0 saturated heterocycles. The average Bonchev–Trinajstić information content (AvgIpc) is 3.85. The minimum atomic E-state index is 0.878. The largest absolute Gasteiger partial charge is 0.456 e. The van der Waals surface area contributed by atoms with Gasteiger partial charge in [-0.1, -0.05) is 36.4 Å². The maximum atomic E-state index is 6.20. The van der Waals surface area contributed by atoms with E-state index in [-0.39, 0.29) is 0 Å². The van der Waals surface area contributed by atoms with Gasteiger partial charge in [0.1, 0.15) is 11.2 Å². The summed E-state index contributed by atoms with van der Waals surface area (Å²) in [5, 5.41) is 6.49. The molecule has 0 spiro atoms. The highest BCUT2D eigenvalue weighted by atomic mass is 16.3. The first-order valence-corrected chi connectivity index (χ1v) is 16.8. The first-order chi connectivity index (χ1) is 25.3. The minimum Gasteiger partial charge on any atom is -0.456 e. The SMILES string of the molecule is c1cc(-c2cc(-c3ccc4oc5ccccc5c4c3)cc(-n3c4ccncc4c4cnccc43)c2)cc(-n2c3ccncc3c3cnccc32)c1. The topological polar surface area (TPSA) is 74.6 Å². The standard InChI is InChI=1S/C44H26N6O/c1-2-7-43-33(6-1)34-22-28(8-9-44(34)51-43)30-18-29(20-32(21-30)50-41-12-16-47-25-37(41)38-26-48-17-13-42(38)50)27-4-3-5-31(19-27)49-39-10-14-45-23-35(39)36-24-46-15-11-40(36)49/h1-26H. The molecule has 0 aliphatic heterocycles. The lowest BCUT2D eigenvalue weighted by Gasteiger charge is -2.15. The lowest BCUT2D eigenvalue weighted by atomic mass is 9.96. The molecule has 7 aromatic heterocycles. The number of benzene rings is 4. The molecule has 11 rings (SSSR count). The summed E-state index contributed by atoms with van der Waals surface area (Å²) in [6.45, 7) is 0. The number of hydrogen-bond donors (Lipinski definition) is 0. The third-order valence-electron chi connectivity index (χ3n) is 10.1. The Labute approximate surface area is 290 Å². The van der Waals surface area contributed by atoms with Crippen LogP contribution in [0.4, 0.5) is 0 Å². The van der Waals surface area contributed by atoms with Crippen LogP contribution in [0.2, 0.25) is 0 Å². The molecular weight excluding hydrogens is 629 g/mol. The van der Waals surface area contributed by atoms with Crippen LogP contribution >= 0.6 is 0 Å². The summed E-state index contributed by atoms with van der Waals surface area (Å²) in [4.78, 5) is 17.8. The van der Waals surface area contributed by atoms with E-state index in [0.29, 0.717) is 0 Å². The minimum absolute atomic E-state index is 0.878. The molecule has 7 heteroatoms. The lowest BCUT2D eigenvalue weighted by Crippen LogP contribution is -1.97. The Bertz CT molecular complexity index is 3060. The molecule has 238 valence electrons. The highest BCUT2D eigenvalue weighted by Gasteiger charge is 2.17. The van der Waals surface area contributed by atoms with Gasteiger partial charge < -0.3 is 13.6 Å². The van der Waals surface area contributed by atoms with Crippen molar-refractivity contribution in [1.29, 1.82) is 0 Å². The highest BCUT2D eigenvalue weighted by Crippen LogP contribution is 2.39. The first kappa shape index (κ1) is 27.8. The molecule has 4 aromatic carbocycles. The highest BCUT2D eigenvalue weighted by molar-refractivity contribution is 6.10. The van der Waals surface area contributed by atoms with Crippen LogP contribution in [0, 0.1) is 0 Å². The monoisotopic (exact) mass is 654 g/mol. The van der Waals surface area contributed by atoms with Crippen LogP contribution < -0.4 is 0 Å². The van der Waals surface area contributed by atoms with Crippen molar-refractivity contribution in [2.45, 2.75) is 0 Å². The number of rotatable bonds is 4. The van der Waals surface area contributed by atoms with E-state index < -0.39 is 0 Å². The predicted octanol–water partition coefficient (Wildman–Crippen LogP) is 10.7. The molecule has 7 heterocycles. The number of fused-ring (bicyclic) bond motifs is 9. The normalized spacial score (nSPS) is 11.9. The van der Waals surface area contributed by atoms with E-state index in [1.807, 2.05) is 61.7 Å². The Morgan fingerprint density at radius 3 is 1.47 bits per heavy atom. The molecular formula is C44H26N6O. The molecule has 0 bridgehead atoms. The number of furan rings is 1. The number of para-hydroxylation sites is 1. The van der Waals surface area contributed by atoms with E-state index in [1.165, 1.54) is 0 Å². The second-order valence-electron chi connectivity index (χ2n) is 12.9. The average molecular weight is 655 g/mol. The van der Waals surface area contributed by atoms with Crippen molar-refractivity contribution in [2.75, 3.05) is 0 Å². The van der Waals surface area contributed by atoms with Crippen molar-refractivity contribution in [3.05, 3.63) is 159 Å². The van der Waals surface area contributed by atoms with Gasteiger partial charge in [-0.2, -0.15) is 0 Å². The molecule has 0 N–H and O–H groups in total. The summed E-state index contributed by atoms with van der Waals surface area (Å²) in [7, 11) is 0. The van der Waals surface area contributed by atoms with Crippen molar-refractivity contribution >= 4 is 65.6 Å². The van der Waals surface area contributed by atoms with Crippen LogP contribution in [0.25, 0.3) is 99.2 Å². The van der Waals surface area contributed by atoms with Crippen LogP contribution in [-0.4, -0.2) is 29.1 Å². The number of nitrogens with zero attached hydrogens (tertiary/aromatic N) is 6. The van der Waals surface area contributed by atoms with Crippen LogP contribution in [0.3, 0.4) is 0 Å². The van der Waals surface area contributed by atoms with Gasteiger partial charge in [-0.3, -0.25) is 19.9 Å². The van der Waals surface area contributed by atoms with Crippen LogP contribution in [0.1, 0.15) is 0 Å². The molecule has 0 atom stereocenters. The van der Waals surface area contributed by atoms with E-state index in [4.69, 9.17) is 4.42 Å². The quantitative estimate of drug-likeness (QED) is 0.189. The Hall–Kier alpha value is -7.12.